The minimum Gasteiger partial charge on any atom is -0.511 e. The van der Waals surface area contributed by atoms with Gasteiger partial charge >= 0.3 is 0 Å². The van der Waals surface area contributed by atoms with Gasteiger partial charge in [-0.2, -0.15) is 0 Å². The van der Waals surface area contributed by atoms with E-state index < -0.39 is 0 Å². The van der Waals surface area contributed by atoms with Crippen molar-refractivity contribution in [3.8, 4) is 11.1 Å². The Kier molecular flexibility index (Phi) is 4.62. The molecule has 5 rings (SSSR count). The SMILES string of the molecule is CCc1ccc(-c2ccc(Cl)cc2)cc1C1=C(O)[C@H]2CC[C@H](CC2)C1=O. The summed E-state index contributed by atoms with van der Waals surface area (Å²) in [5.74, 6) is 0.648. The summed E-state index contributed by atoms with van der Waals surface area (Å²) in [6, 6.07) is 13.9. The molecular weight excluding hydrogens is 344 g/mol. The lowest BCUT2D eigenvalue weighted by molar-refractivity contribution is -0.117. The lowest BCUT2D eigenvalue weighted by Gasteiger charge is -2.21. The van der Waals surface area contributed by atoms with E-state index in [0.29, 0.717) is 16.4 Å². The quantitative estimate of drug-likeness (QED) is 0.699. The van der Waals surface area contributed by atoms with E-state index in [1.165, 1.54) is 0 Å². The van der Waals surface area contributed by atoms with Crippen molar-refractivity contribution >= 4 is 23.0 Å². The first-order valence-corrected chi connectivity index (χ1v) is 9.83. The highest BCUT2D eigenvalue weighted by Crippen LogP contribution is 2.43. The number of halogens is 1. The molecule has 3 heteroatoms. The Bertz CT molecular complexity index is 872. The second-order valence-corrected chi connectivity index (χ2v) is 7.84. The molecule has 26 heavy (non-hydrogen) atoms. The molecule has 2 bridgehead atoms. The average molecular weight is 367 g/mol. The molecule has 1 N–H and O–H groups in total. The number of allylic oxidation sites excluding steroid dienone is 2. The van der Waals surface area contributed by atoms with E-state index in [-0.39, 0.29) is 17.6 Å². The fourth-order valence-electron chi connectivity index (χ4n) is 4.37. The summed E-state index contributed by atoms with van der Waals surface area (Å²) in [5.41, 5.74) is 4.68. The average Bonchev–Trinajstić information content (AvgIpc) is 2.86. The summed E-state index contributed by atoms with van der Waals surface area (Å²) >= 11 is 6.01. The largest absolute Gasteiger partial charge is 0.511 e. The van der Waals surface area contributed by atoms with Crippen LogP contribution in [0, 0.1) is 11.8 Å². The molecule has 3 aliphatic carbocycles. The normalized spacial score (nSPS) is 22.6. The topological polar surface area (TPSA) is 37.3 Å². The Hall–Kier alpha value is -2.06. The van der Waals surface area contributed by atoms with Crippen LogP contribution in [0.25, 0.3) is 16.7 Å². The highest BCUT2D eigenvalue weighted by atomic mass is 35.5. The van der Waals surface area contributed by atoms with Crippen LogP contribution in [-0.2, 0) is 11.2 Å². The number of benzene rings is 2. The van der Waals surface area contributed by atoms with E-state index in [1.807, 2.05) is 24.3 Å². The predicted octanol–water partition coefficient (Wildman–Crippen LogP) is 6.23. The standard InChI is InChI=1S/C23H23ClO2/c1-2-14-3-8-18(15-9-11-19(24)12-10-15)13-20(14)21-22(25)16-4-5-17(7-6-16)23(21)26/h3,8-13,16-17,25H,2,4-7H2,1H3/t16-,17+. The van der Waals surface area contributed by atoms with Crippen molar-refractivity contribution in [3.63, 3.8) is 0 Å². The first-order chi connectivity index (χ1) is 12.6. The van der Waals surface area contributed by atoms with Crippen molar-refractivity contribution in [1.82, 2.24) is 0 Å². The molecule has 0 heterocycles. The molecule has 1 fully saturated rings. The zero-order valence-electron chi connectivity index (χ0n) is 15.0. The Morgan fingerprint density at radius 1 is 0.962 bits per heavy atom. The predicted molar refractivity (Wildman–Crippen MR) is 106 cm³/mol. The highest BCUT2D eigenvalue weighted by molar-refractivity contribution is 6.30. The molecule has 0 amide bonds. The third-order valence-corrected chi connectivity index (χ3v) is 6.18. The summed E-state index contributed by atoms with van der Waals surface area (Å²) < 4.78 is 0. The molecule has 0 atom stereocenters. The number of hydrogen-bond donors (Lipinski definition) is 1. The molecule has 0 saturated heterocycles. The van der Waals surface area contributed by atoms with E-state index >= 15 is 0 Å². The minimum atomic E-state index is 0.0646. The first kappa shape index (κ1) is 17.4. The number of hydrogen-bond acceptors (Lipinski definition) is 2. The van der Waals surface area contributed by atoms with E-state index in [9.17, 15) is 9.90 Å². The van der Waals surface area contributed by atoms with E-state index in [1.54, 1.807) is 0 Å². The van der Waals surface area contributed by atoms with Crippen molar-refractivity contribution in [1.29, 1.82) is 0 Å². The van der Waals surface area contributed by atoms with Crippen LogP contribution in [0.1, 0.15) is 43.7 Å². The molecule has 0 aliphatic heterocycles. The number of carbonyl (C=O) groups is 1. The molecule has 0 spiro atoms. The number of aryl methyl sites for hydroxylation is 1. The van der Waals surface area contributed by atoms with Crippen molar-refractivity contribution in [2.45, 2.75) is 39.0 Å². The number of rotatable bonds is 3. The lowest BCUT2D eigenvalue weighted by Crippen LogP contribution is -2.17. The van der Waals surface area contributed by atoms with Gasteiger partial charge in [0.1, 0.15) is 5.76 Å². The van der Waals surface area contributed by atoms with Gasteiger partial charge in [0, 0.05) is 16.9 Å². The van der Waals surface area contributed by atoms with Crippen molar-refractivity contribution in [3.05, 3.63) is 64.4 Å². The minimum absolute atomic E-state index is 0.0646. The summed E-state index contributed by atoms with van der Waals surface area (Å²) in [6.07, 6.45) is 4.47. The van der Waals surface area contributed by atoms with Crippen molar-refractivity contribution in [2.24, 2.45) is 11.8 Å². The van der Waals surface area contributed by atoms with Gasteiger partial charge in [-0.1, -0.05) is 42.8 Å². The number of Topliss-reactive ketones (excluding diaryl/α,β-unsaturated/α-hetero) is 1. The Labute approximate surface area is 159 Å². The van der Waals surface area contributed by atoms with Crippen molar-refractivity contribution in [2.75, 3.05) is 0 Å². The summed E-state index contributed by atoms with van der Waals surface area (Å²) in [6.45, 7) is 2.09. The number of aliphatic hydroxyl groups excluding tert-OH is 1. The second kappa shape index (κ2) is 6.92. The number of carbonyl (C=O) groups excluding carboxylic acids is 1. The van der Waals surface area contributed by atoms with Crippen LogP contribution in [0.15, 0.2) is 48.2 Å². The van der Waals surface area contributed by atoms with Gasteiger partial charge in [-0.15, -0.1) is 0 Å². The van der Waals surface area contributed by atoms with E-state index in [4.69, 9.17) is 11.6 Å². The summed E-state index contributed by atoms with van der Waals surface area (Å²) in [4.78, 5) is 13.1. The molecule has 2 aromatic rings. The zero-order valence-corrected chi connectivity index (χ0v) is 15.7. The summed E-state index contributed by atoms with van der Waals surface area (Å²) in [7, 11) is 0. The van der Waals surface area contributed by atoms with E-state index in [2.05, 4.69) is 25.1 Å². The molecule has 1 saturated carbocycles. The maximum atomic E-state index is 13.1. The van der Waals surface area contributed by atoms with Crippen LogP contribution in [0.5, 0.6) is 0 Å². The third kappa shape index (κ3) is 2.97. The molecule has 3 aliphatic rings. The highest BCUT2D eigenvalue weighted by Gasteiger charge is 2.38. The smallest absolute Gasteiger partial charge is 0.169 e. The van der Waals surface area contributed by atoms with Gasteiger partial charge < -0.3 is 5.11 Å². The van der Waals surface area contributed by atoms with E-state index in [0.717, 1.165) is 54.4 Å². The van der Waals surface area contributed by atoms with Gasteiger partial charge in [-0.25, -0.2) is 0 Å². The zero-order chi connectivity index (χ0) is 18.3. The Morgan fingerprint density at radius 2 is 1.58 bits per heavy atom. The third-order valence-electron chi connectivity index (χ3n) is 5.92. The van der Waals surface area contributed by atoms with Crippen LogP contribution < -0.4 is 0 Å². The fraction of sp³-hybridized carbons (Fsp3) is 0.348. The van der Waals surface area contributed by atoms with Crippen LogP contribution in [0.2, 0.25) is 5.02 Å². The Morgan fingerprint density at radius 3 is 2.23 bits per heavy atom. The molecule has 2 aromatic carbocycles. The Balaban J connectivity index is 1.87. The molecule has 0 radical (unpaired) electrons. The molecule has 0 unspecified atom stereocenters. The maximum absolute atomic E-state index is 13.1. The van der Waals surface area contributed by atoms with Crippen LogP contribution in [0.3, 0.4) is 0 Å². The number of fused-ring (bicyclic) bond motifs is 3. The number of aliphatic hydroxyl groups is 1. The van der Waals surface area contributed by atoms with Gasteiger partial charge in [0.05, 0.1) is 5.57 Å². The van der Waals surface area contributed by atoms with Crippen molar-refractivity contribution < 1.29 is 9.90 Å². The maximum Gasteiger partial charge on any atom is 0.169 e. The van der Waals surface area contributed by atoms with Crippen LogP contribution >= 0.6 is 11.6 Å². The van der Waals surface area contributed by atoms with Gasteiger partial charge in [-0.05, 0) is 72.6 Å². The second-order valence-electron chi connectivity index (χ2n) is 7.41. The monoisotopic (exact) mass is 366 g/mol. The van der Waals surface area contributed by atoms with Gasteiger partial charge in [0.2, 0.25) is 0 Å². The fourth-order valence-corrected chi connectivity index (χ4v) is 4.50. The van der Waals surface area contributed by atoms with Gasteiger partial charge in [-0.3, -0.25) is 4.79 Å². The molecule has 2 nitrogen and oxygen atoms in total. The van der Waals surface area contributed by atoms with Gasteiger partial charge in [0.25, 0.3) is 0 Å². The lowest BCUT2D eigenvalue weighted by atomic mass is 9.82. The van der Waals surface area contributed by atoms with Crippen LogP contribution in [-0.4, -0.2) is 10.9 Å². The molecule has 0 aromatic heterocycles. The van der Waals surface area contributed by atoms with Crippen LogP contribution in [0.4, 0.5) is 0 Å². The number of ketones is 1. The molecule has 134 valence electrons. The summed E-state index contributed by atoms with van der Waals surface area (Å²) in [5, 5.41) is 11.6. The first-order valence-electron chi connectivity index (χ1n) is 9.45. The molecular formula is C23H23ClO2. The van der Waals surface area contributed by atoms with Gasteiger partial charge in [0.15, 0.2) is 5.78 Å².